The Bertz CT molecular complexity index is 733. The number of hydrogen-bond donors (Lipinski definition) is 0. The molecule has 0 spiro atoms. The van der Waals surface area contributed by atoms with Gasteiger partial charge in [-0.2, -0.15) is 0 Å². The SMILES string of the molecule is CCCCOc1ccc(C(=O)C(Br)C(Br)C(=O)c2ccc(OCCCC)cc2)cc1. The highest BCUT2D eigenvalue weighted by molar-refractivity contribution is 9.12. The second-order valence-corrected chi connectivity index (χ2v) is 8.96. The fourth-order valence-electron chi connectivity index (χ4n) is 2.68. The van der Waals surface area contributed by atoms with Crippen LogP contribution in [0.1, 0.15) is 60.2 Å². The molecule has 0 fully saturated rings. The number of hydrogen-bond acceptors (Lipinski definition) is 4. The van der Waals surface area contributed by atoms with E-state index < -0.39 is 9.65 Å². The van der Waals surface area contributed by atoms with Crippen LogP contribution in [-0.4, -0.2) is 34.4 Å². The van der Waals surface area contributed by atoms with Crippen molar-refractivity contribution >= 4 is 43.4 Å². The van der Waals surface area contributed by atoms with Crippen molar-refractivity contribution in [3.05, 3.63) is 59.7 Å². The van der Waals surface area contributed by atoms with Crippen molar-refractivity contribution in [2.24, 2.45) is 0 Å². The Labute approximate surface area is 195 Å². The van der Waals surface area contributed by atoms with Gasteiger partial charge in [0.2, 0.25) is 0 Å². The minimum Gasteiger partial charge on any atom is -0.494 e. The van der Waals surface area contributed by atoms with Crippen LogP contribution in [0.25, 0.3) is 0 Å². The smallest absolute Gasteiger partial charge is 0.178 e. The molecule has 0 N–H and O–H groups in total. The summed E-state index contributed by atoms with van der Waals surface area (Å²) in [6, 6.07) is 14.0. The molecule has 0 amide bonds. The summed E-state index contributed by atoms with van der Waals surface area (Å²) in [5, 5.41) is 0. The number of ketones is 2. The average molecular weight is 540 g/mol. The maximum atomic E-state index is 12.8. The molecule has 2 unspecified atom stereocenters. The van der Waals surface area contributed by atoms with Crippen LogP contribution in [0.5, 0.6) is 11.5 Å². The van der Waals surface area contributed by atoms with E-state index in [0.717, 1.165) is 37.2 Å². The van der Waals surface area contributed by atoms with Gasteiger partial charge in [0.25, 0.3) is 0 Å². The molecule has 0 aliphatic heterocycles. The molecule has 0 aliphatic rings. The van der Waals surface area contributed by atoms with E-state index in [1.165, 1.54) is 0 Å². The molecule has 0 saturated heterocycles. The van der Waals surface area contributed by atoms with E-state index in [1.807, 2.05) is 0 Å². The first-order valence-electron chi connectivity index (χ1n) is 10.3. The van der Waals surface area contributed by atoms with E-state index in [-0.39, 0.29) is 11.6 Å². The molecule has 162 valence electrons. The molecule has 0 heterocycles. The molecular formula is C24H28Br2O4. The number of unbranched alkanes of at least 4 members (excludes halogenated alkanes) is 2. The van der Waals surface area contributed by atoms with Gasteiger partial charge in [-0.05, 0) is 61.4 Å². The molecule has 2 atom stereocenters. The summed E-state index contributed by atoms with van der Waals surface area (Å²) < 4.78 is 11.3. The van der Waals surface area contributed by atoms with Gasteiger partial charge in [0.1, 0.15) is 11.5 Å². The third kappa shape index (κ3) is 7.24. The van der Waals surface area contributed by atoms with Crippen molar-refractivity contribution in [2.45, 2.75) is 49.2 Å². The highest BCUT2D eigenvalue weighted by Crippen LogP contribution is 2.25. The lowest BCUT2D eigenvalue weighted by molar-refractivity contribution is 0.0934. The number of carbonyl (C=O) groups excluding carboxylic acids is 2. The number of alkyl halides is 2. The van der Waals surface area contributed by atoms with Crippen molar-refractivity contribution in [1.29, 1.82) is 0 Å². The summed E-state index contributed by atoms with van der Waals surface area (Å²) in [4.78, 5) is 24.2. The van der Waals surface area contributed by atoms with Gasteiger partial charge in [-0.3, -0.25) is 9.59 Å². The molecule has 2 aromatic rings. The van der Waals surface area contributed by atoms with Crippen LogP contribution in [-0.2, 0) is 0 Å². The van der Waals surface area contributed by atoms with Gasteiger partial charge in [-0.25, -0.2) is 0 Å². The third-order valence-electron chi connectivity index (χ3n) is 4.57. The number of carbonyl (C=O) groups is 2. The minimum atomic E-state index is -0.683. The van der Waals surface area contributed by atoms with Gasteiger partial charge in [0.05, 0.1) is 22.9 Å². The maximum absolute atomic E-state index is 12.8. The Kier molecular flexibility index (Phi) is 10.6. The lowest BCUT2D eigenvalue weighted by Crippen LogP contribution is -2.31. The molecule has 0 aliphatic carbocycles. The topological polar surface area (TPSA) is 52.6 Å². The van der Waals surface area contributed by atoms with E-state index in [2.05, 4.69) is 45.7 Å². The molecule has 2 aromatic carbocycles. The number of halogens is 2. The first-order valence-corrected chi connectivity index (χ1v) is 12.1. The number of rotatable bonds is 13. The van der Waals surface area contributed by atoms with E-state index >= 15 is 0 Å². The first kappa shape index (κ1) is 24.6. The normalized spacial score (nSPS) is 12.8. The van der Waals surface area contributed by atoms with Gasteiger partial charge in [0, 0.05) is 11.1 Å². The van der Waals surface area contributed by atoms with Gasteiger partial charge in [-0.1, -0.05) is 58.5 Å². The molecule has 0 saturated carbocycles. The summed E-state index contributed by atoms with van der Waals surface area (Å²) in [6.07, 6.45) is 4.11. The molecule has 6 heteroatoms. The minimum absolute atomic E-state index is 0.162. The summed E-state index contributed by atoms with van der Waals surface area (Å²) in [6.45, 7) is 5.53. The number of Topliss-reactive ketones (excluding diaryl/α,β-unsaturated/α-hetero) is 2. The molecular weight excluding hydrogens is 512 g/mol. The molecule has 2 rings (SSSR count). The van der Waals surface area contributed by atoms with Gasteiger partial charge in [0.15, 0.2) is 11.6 Å². The summed E-state index contributed by atoms with van der Waals surface area (Å²) >= 11 is 6.79. The highest BCUT2D eigenvalue weighted by Gasteiger charge is 2.30. The van der Waals surface area contributed by atoms with E-state index in [9.17, 15) is 9.59 Å². The molecule has 0 radical (unpaired) electrons. The quantitative estimate of drug-likeness (QED) is 0.163. The van der Waals surface area contributed by atoms with Crippen molar-refractivity contribution in [2.75, 3.05) is 13.2 Å². The highest BCUT2D eigenvalue weighted by atomic mass is 79.9. The lowest BCUT2D eigenvalue weighted by atomic mass is 10.0. The van der Waals surface area contributed by atoms with Gasteiger partial charge in [-0.15, -0.1) is 0 Å². The van der Waals surface area contributed by atoms with E-state index in [4.69, 9.17) is 9.47 Å². The van der Waals surface area contributed by atoms with Crippen LogP contribution >= 0.6 is 31.9 Å². The van der Waals surface area contributed by atoms with Gasteiger partial charge < -0.3 is 9.47 Å². The predicted octanol–water partition coefficient (Wildman–Crippen LogP) is 6.64. The molecule has 0 aromatic heterocycles. The van der Waals surface area contributed by atoms with Crippen LogP contribution in [0.3, 0.4) is 0 Å². The largest absolute Gasteiger partial charge is 0.494 e. The zero-order chi connectivity index (χ0) is 21.9. The fraction of sp³-hybridized carbons (Fsp3) is 0.417. The second kappa shape index (κ2) is 12.9. The Morgan fingerprint density at radius 1 is 0.700 bits per heavy atom. The molecule has 30 heavy (non-hydrogen) atoms. The van der Waals surface area contributed by atoms with Crippen molar-refractivity contribution < 1.29 is 19.1 Å². The fourth-order valence-corrected chi connectivity index (χ4v) is 3.69. The maximum Gasteiger partial charge on any atom is 0.178 e. The monoisotopic (exact) mass is 538 g/mol. The standard InChI is InChI=1S/C24H28Br2O4/c1-3-5-15-29-19-11-7-17(8-12-19)23(27)21(25)22(26)24(28)18-9-13-20(14-10-18)30-16-6-4-2/h7-14,21-22H,3-6,15-16H2,1-2H3. The third-order valence-corrected chi connectivity index (χ3v) is 7.17. The second-order valence-electron chi connectivity index (χ2n) is 6.98. The van der Waals surface area contributed by atoms with Crippen LogP contribution in [0, 0.1) is 0 Å². The summed E-state index contributed by atoms with van der Waals surface area (Å²) in [5.41, 5.74) is 1.05. The van der Waals surface area contributed by atoms with Crippen LogP contribution in [0.4, 0.5) is 0 Å². The van der Waals surface area contributed by atoms with E-state index in [1.54, 1.807) is 48.5 Å². The van der Waals surface area contributed by atoms with Crippen LogP contribution < -0.4 is 9.47 Å². The molecule has 0 bridgehead atoms. The van der Waals surface area contributed by atoms with Crippen molar-refractivity contribution in [1.82, 2.24) is 0 Å². The Morgan fingerprint density at radius 3 is 1.33 bits per heavy atom. The van der Waals surface area contributed by atoms with Crippen molar-refractivity contribution in [3.63, 3.8) is 0 Å². The predicted molar refractivity (Wildman–Crippen MR) is 128 cm³/mol. The Balaban J connectivity index is 1.97. The average Bonchev–Trinajstić information content (AvgIpc) is 2.78. The lowest BCUT2D eigenvalue weighted by Gasteiger charge is -2.16. The van der Waals surface area contributed by atoms with Crippen molar-refractivity contribution in [3.8, 4) is 11.5 Å². The number of ether oxygens (including phenoxy) is 2. The van der Waals surface area contributed by atoms with Crippen LogP contribution in [0.15, 0.2) is 48.5 Å². The zero-order valence-electron chi connectivity index (χ0n) is 17.4. The Morgan fingerprint density at radius 2 is 1.03 bits per heavy atom. The first-order chi connectivity index (χ1) is 14.5. The Hall–Kier alpha value is -1.66. The summed E-state index contributed by atoms with van der Waals surface area (Å²) in [7, 11) is 0. The molecule has 4 nitrogen and oxygen atoms in total. The summed E-state index contributed by atoms with van der Waals surface area (Å²) in [5.74, 6) is 1.15. The van der Waals surface area contributed by atoms with Gasteiger partial charge >= 0.3 is 0 Å². The van der Waals surface area contributed by atoms with E-state index in [0.29, 0.717) is 24.3 Å². The van der Waals surface area contributed by atoms with Crippen LogP contribution in [0.2, 0.25) is 0 Å². The number of benzene rings is 2. The zero-order valence-corrected chi connectivity index (χ0v) is 20.6.